The summed E-state index contributed by atoms with van der Waals surface area (Å²) in [5, 5.41) is 28.1. The van der Waals surface area contributed by atoms with Gasteiger partial charge in [0.25, 0.3) is 0 Å². The Morgan fingerprint density at radius 2 is 1.00 bits per heavy atom. The third-order valence-electron chi connectivity index (χ3n) is 5.86. The van der Waals surface area contributed by atoms with Gasteiger partial charge in [-0.1, -0.05) is 64.2 Å². The molecule has 10 heteroatoms. The predicted molar refractivity (Wildman–Crippen MR) is 115 cm³/mol. The first-order valence-electron chi connectivity index (χ1n) is 11.4. The molecule has 0 unspecified atom stereocenters. The van der Waals surface area contributed by atoms with Gasteiger partial charge in [-0.25, -0.2) is 0 Å². The van der Waals surface area contributed by atoms with E-state index in [9.17, 15) is 19.8 Å². The molecule has 0 aromatic heterocycles. The molecule has 2 fully saturated rings. The summed E-state index contributed by atoms with van der Waals surface area (Å²) in [5.74, 6) is -0.824. The molecule has 2 rings (SSSR count). The van der Waals surface area contributed by atoms with E-state index >= 15 is 0 Å². The van der Waals surface area contributed by atoms with E-state index in [1.807, 2.05) is 0 Å². The van der Waals surface area contributed by atoms with Gasteiger partial charge >= 0.3 is 59.1 Å². The molecule has 0 heterocycles. The van der Waals surface area contributed by atoms with Crippen molar-refractivity contribution in [3.63, 3.8) is 0 Å². The molecule has 172 valence electrons. The van der Waals surface area contributed by atoms with Gasteiger partial charge in [0, 0.05) is 13.1 Å². The van der Waals surface area contributed by atoms with Crippen molar-refractivity contribution in [1.29, 1.82) is 0 Å². The summed E-state index contributed by atoms with van der Waals surface area (Å²) in [6, 6.07) is 0. The first-order chi connectivity index (χ1) is 14.4. The molecule has 32 heavy (non-hydrogen) atoms. The van der Waals surface area contributed by atoms with Crippen LogP contribution in [0.4, 0.5) is 0 Å². The fourth-order valence-corrected chi connectivity index (χ4v) is 3.93. The number of nitrogens with one attached hydrogen (secondary N) is 2. The van der Waals surface area contributed by atoms with Crippen molar-refractivity contribution in [2.45, 2.75) is 90.9 Å². The number of hydrogen-bond acceptors (Lipinski definition) is 8. The first kappa shape index (κ1) is 34.0. The average molecular weight is 469 g/mol. The molecule has 8 nitrogen and oxygen atoms in total. The fourth-order valence-electron chi connectivity index (χ4n) is 3.93. The molecule has 0 spiro atoms. The molecule has 2 aliphatic rings. The van der Waals surface area contributed by atoms with Crippen LogP contribution in [0.25, 0.3) is 0 Å². The third kappa shape index (κ3) is 17.4. The molecule has 0 amide bonds. The topological polar surface area (TPSA) is 129 Å². The van der Waals surface area contributed by atoms with Crippen LogP contribution in [0.3, 0.4) is 0 Å². The Kier molecular flexibility index (Phi) is 22.8. The van der Waals surface area contributed by atoms with Crippen LogP contribution in [0, 0.1) is 11.8 Å². The van der Waals surface area contributed by atoms with Crippen LogP contribution >= 0.6 is 0 Å². The minimum absolute atomic E-state index is 0. The molecule has 2 saturated carbocycles. The Labute approximate surface area is 237 Å². The largest absolute Gasteiger partial charge is 1.00 e. The van der Waals surface area contributed by atoms with Crippen molar-refractivity contribution in [3.8, 4) is 0 Å². The number of rotatable bonds is 10. The number of carboxylic acids is 2. The number of nitrogens with zero attached hydrogens (tertiary/aromatic N) is 2. The standard InChI is InChI=1S/2C11H20N2O2.2Na/c2*1-9(11(14)15)13-12-8-7-10-5-3-2-4-6-10;;/h2*10,12H,2-8H2,1H3,(H,14,15);;/q;;2*+1/p-2. The number of carbonyl (C=O) groups excluding carboxylic acids is 2. The second-order valence-corrected chi connectivity index (χ2v) is 8.37. The quantitative estimate of drug-likeness (QED) is 0.144. The van der Waals surface area contributed by atoms with E-state index in [-0.39, 0.29) is 70.5 Å². The maximum Gasteiger partial charge on any atom is 1.00 e. The molecule has 0 saturated heterocycles. The second kappa shape index (κ2) is 21.4. The molecule has 0 aliphatic heterocycles. The molecule has 0 bridgehead atoms. The zero-order valence-electron chi connectivity index (χ0n) is 20.6. The van der Waals surface area contributed by atoms with Gasteiger partial charge in [0.1, 0.15) is 0 Å². The van der Waals surface area contributed by atoms with E-state index in [1.54, 1.807) is 0 Å². The molecular formula is C22H38N4Na2O4. The SMILES string of the molecule is CC(=NNCCC1CCCCC1)C(=O)[O-].CC(=NNCCC1CCCCC1)C(=O)[O-].[Na+].[Na+]. The fraction of sp³-hybridized carbons (Fsp3) is 0.818. The van der Waals surface area contributed by atoms with E-state index in [0.29, 0.717) is 0 Å². The van der Waals surface area contributed by atoms with Gasteiger partial charge in [-0.2, -0.15) is 10.2 Å². The minimum Gasteiger partial charge on any atom is -0.543 e. The maximum atomic E-state index is 10.3. The summed E-state index contributed by atoms with van der Waals surface area (Å²) in [6.07, 6.45) is 15.5. The van der Waals surface area contributed by atoms with Crippen LogP contribution in [0.5, 0.6) is 0 Å². The Balaban J connectivity index is 0. The summed E-state index contributed by atoms with van der Waals surface area (Å²) >= 11 is 0. The summed E-state index contributed by atoms with van der Waals surface area (Å²) in [4.78, 5) is 20.6. The number of aliphatic carboxylic acids is 2. The van der Waals surface area contributed by atoms with Crippen molar-refractivity contribution in [1.82, 2.24) is 10.9 Å². The predicted octanol–water partition coefficient (Wildman–Crippen LogP) is -4.65. The van der Waals surface area contributed by atoms with Gasteiger partial charge in [-0.3, -0.25) is 0 Å². The minimum atomic E-state index is -1.21. The van der Waals surface area contributed by atoms with Crippen molar-refractivity contribution < 1.29 is 78.9 Å². The van der Waals surface area contributed by atoms with Gasteiger partial charge in [-0.15, -0.1) is 0 Å². The van der Waals surface area contributed by atoms with Crippen LogP contribution in [-0.2, 0) is 9.59 Å². The molecule has 2 aliphatic carbocycles. The van der Waals surface area contributed by atoms with Crippen molar-refractivity contribution in [2.75, 3.05) is 13.1 Å². The molecule has 0 aromatic rings. The molecule has 0 radical (unpaired) electrons. The van der Waals surface area contributed by atoms with Gasteiger partial charge in [0.05, 0.1) is 23.4 Å². The van der Waals surface area contributed by atoms with Crippen molar-refractivity contribution in [3.05, 3.63) is 0 Å². The Morgan fingerprint density at radius 3 is 1.28 bits per heavy atom. The smallest absolute Gasteiger partial charge is 0.543 e. The van der Waals surface area contributed by atoms with Gasteiger partial charge in [0.2, 0.25) is 0 Å². The Morgan fingerprint density at radius 1 is 0.688 bits per heavy atom. The van der Waals surface area contributed by atoms with E-state index < -0.39 is 11.9 Å². The van der Waals surface area contributed by atoms with Gasteiger partial charge in [-0.05, 0) is 38.5 Å². The second-order valence-electron chi connectivity index (χ2n) is 8.37. The Hall–Kier alpha value is -0.120. The van der Waals surface area contributed by atoms with Crippen LogP contribution in [0.2, 0.25) is 0 Å². The summed E-state index contributed by atoms with van der Waals surface area (Å²) in [5.41, 5.74) is 5.59. The first-order valence-corrected chi connectivity index (χ1v) is 11.4. The molecular weight excluding hydrogens is 430 g/mol. The van der Waals surface area contributed by atoms with E-state index in [4.69, 9.17) is 0 Å². The zero-order valence-corrected chi connectivity index (χ0v) is 24.6. The summed E-state index contributed by atoms with van der Waals surface area (Å²) in [6.45, 7) is 4.39. The van der Waals surface area contributed by atoms with Crippen molar-refractivity contribution >= 4 is 23.4 Å². The van der Waals surface area contributed by atoms with E-state index in [2.05, 4.69) is 21.1 Å². The normalized spacial score (nSPS) is 17.7. The van der Waals surface area contributed by atoms with Crippen molar-refractivity contribution in [2.24, 2.45) is 22.0 Å². The number of carbonyl (C=O) groups is 2. The Bertz CT molecular complexity index is 526. The summed E-state index contributed by atoms with van der Waals surface area (Å²) in [7, 11) is 0. The van der Waals surface area contributed by atoms with E-state index in [1.165, 1.54) is 78.1 Å². The monoisotopic (exact) mass is 468 g/mol. The van der Waals surface area contributed by atoms with E-state index in [0.717, 1.165) is 37.8 Å². The van der Waals surface area contributed by atoms with Gasteiger partial charge in [0.15, 0.2) is 0 Å². The van der Waals surface area contributed by atoms with Crippen LogP contribution in [-0.4, -0.2) is 36.5 Å². The van der Waals surface area contributed by atoms with Crippen LogP contribution in [0.15, 0.2) is 10.2 Å². The maximum absolute atomic E-state index is 10.3. The number of hydrazone groups is 2. The van der Waals surface area contributed by atoms with Gasteiger partial charge < -0.3 is 30.7 Å². The molecule has 0 aromatic carbocycles. The van der Waals surface area contributed by atoms with Crippen LogP contribution in [0.1, 0.15) is 90.9 Å². The third-order valence-corrected chi connectivity index (χ3v) is 5.86. The van der Waals surface area contributed by atoms with Crippen LogP contribution < -0.4 is 80.2 Å². The summed E-state index contributed by atoms with van der Waals surface area (Å²) < 4.78 is 0. The number of hydrogen-bond donors (Lipinski definition) is 2. The molecule has 2 N–H and O–H groups in total. The average Bonchev–Trinajstić information content (AvgIpc) is 2.75. The zero-order chi connectivity index (χ0) is 22.2. The molecule has 0 atom stereocenters. The number of carboxylic acid groups (broad SMARTS) is 2.